The van der Waals surface area contributed by atoms with E-state index in [4.69, 9.17) is 4.74 Å². The van der Waals surface area contributed by atoms with Crippen LogP contribution in [-0.4, -0.2) is 61.6 Å². The third kappa shape index (κ3) is 4.38. The lowest BCUT2D eigenvalue weighted by atomic mass is 9.75. The molecule has 3 fully saturated rings. The molecule has 1 atom stereocenters. The number of amides is 3. The Bertz CT molecular complexity index is 1180. The summed E-state index contributed by atoms with van der Waals surface area (Å²) in [6.07, 6.45) is 0.433. The van der Waals surface area contributed by atoms with Gasteiger partial charge >= 0.3 is 6.09 Å². The van der Waals surface area contributed by atoms with Crippen LogP contribution in [0.25, 0.3) is 0 Å². The van der Waals surface area contributed by atoms with Gasteiger partial charge in [-0.05, 0) is 36.4 Å². The van der Waals surface area contributed by atoms with Crippen LogP contribution in [-0.2, 0) is 14.3 Å². The average molecular weight is 483 g/mol. The number of alkyl carbamates (subject to hydrolysis) is 1. The Labute approximate surface area is 199 Å². The number of phenols is 2. The van der Waals surface area contributed by atoms with Crippen LogP contribution in [0.2, 0.25) is 0 Å². The molecule has 0 radical (unpaired) electrons. The van der Waals surface area contributed by atoms with Gasteiger partial charge in [0, 0.05) is 37.1 Å². The predicted octanol–water partition coefficient (Wildman–Crippen LogP) is 2.70. The molecule has 11 heteroatoms. The van der Waals surface area contributed by atoms with Crippen molar-refractivity contribution in [2.24, 2.45) is 4.99 Å². The highest BCUT2D eigenvalue weighted by Gasteiger charge is 2.57. The van der Waals surface area contributed by atoms with Crippen molar-refractivity contribution in [1.82, 2.24) is 10.2 Å². The molecule has 10 nitrogen and oxygen atoms in total. The Morgan fingerprint density at radius 2 is 1.94 bits per heavy atom. The Kier molecular flexibility index (Phi) is 5.56. The SMILES string of the molecule is O=C(CC1SC(=Nc2ccc(O)cc2)N(C2CC3(CNC(=O)O3)C2)C1=O)Nc1cccc(O)c1. The number of rotatable bonds is 5. The summed E-state index contributed by atoms with van der Waals surface area (Å²) in [5.74, 6) is -0.458. The van der Waals surface area contributed by atoms with Crippen molar-refractivity contribution in [2.45, 2.75) is 36.2 Å². The van der Waals surface area contributed by atoms with Crippen molar-refractivity contribution in [2.75, 3.05) is 11.9 Å². The standard InChI is InChI=1S/C23H22N4O6S/c28-16-6-4-13(5-7-16)26-21-27(15-10-23(11-15)12-24-22(32)33-23)20(31)18(34-21)9-19(30)25-14-2-1-3-17(29)8-14/h1-8,15,18,28-29H,9-12H2,(H,24,32)(H,25,30). The third-order valence-electron chi connectivity index (χ3n) is 5.99. The fourth-order valence-corrected chi connectivity index (χ4v) is 5.56. The molecule has 176 valence electrons. The smallest absolute Gasteiger partial charge is 0.407 e. The zero-order chi connectivity index (χ0) is 23.9. The highest BCUT2D eigenvalue weighted by molar-refractivity contribution is 8.15. The van der Waals surface area contributed by atoms with E-state index in [1.165, 1.54) is 36.0 Å². The van der Waals surface area contributed by atoms with Crippen molar-refractivity contribution in [1.29, 1.82) is 0 Å². The Morgan fingerprint density at radius 3 is 2.62 bits per heavy atom. The number of ether oxygens (including phenoxy) is 1. The summed E-state index contributed by atoms with van der Waals surface area (Å²) in [6, 6.07) is 12.3. The number of carbonyl (C=O) groups is 3. The number of hydrogen-bond acceptors (Lipinski definition) is 8. The molecule has 1 aliphatic carbocycles. The molecule has 3 aliphatic rings. The lowest BCUT2D eigenvalue weighted by Gasteiger charge is -2.46. The molecule has 0 bridgehead atoms. The van der Waals surface area contributed by atoms with Crippen LogP contribution in [0.1, 0.15) is 19.3 Å². The zero-order valence-electron chi connectivity index (χ0n) is 17.9. The first kappa shape index (κ1) is 22.1. The van der Waals surface area contributed by atoms with Gasteiger partial charge in [0.15, 0.2) is 5.17 Å². The average Bonchev–Trinajstić information content (AvgIpc) is 3.29. The number of nitrogens with one attached hydrogen (secondary N) is 2. The van der Waals surface area contributed by atoms with Crippen LogP contribution in [0.5, 0.6) is 11.5 Å². The molecule has 3 amide bonds. The van der Waals surface area contributed by atoms with Crippen LogP contribution in [0, 0.1) is 0 Å². The number of amidine groups is 1. The van der Waals surface area contributed by atoms with Crippen molar-refractivity contribution >= 4 is 46.2 Å². The maximum absolute atomic E-state index is 13.3. The fraction of sp³-hybridized carbons (Fsp3) is 0.304. The van der Waals surface area contributed by atoms with Gasteiger partial charge in [0.25, 0.3) is 0 Å². The largest absolute Gasteiger partial charge is 0.508 e. The summed E-state index contributed by atoms with van der Waals surface area (Å²) in [7, 11) is 0. The van der Waals surface area contributed by atoms with E-state index >= 15 is 0 Å². The van der Waals surface area contributed by atoms with Gasteiger partial charge in [0.2, 0.25) is 11.8 Å². The second kappa shape index (κ2) is 8.56. The van der Waals surface area contributed by atoms with Gasteiger partial charge in [0.05, 0.1) is 12.2 Å². The third-order valence-corrected chi connectivity index (χ3v) is 7.14. The normalized spacial score (nSPS) is 26.9. The molecule has 0 aromatic heterocycles. The summed E-state index contributed by atoms with van der Waals surface area (Å²) in [6.45, 7) is 0.400. The minimum absolute atomic E-state index is 0.0274. The maximum atomic E-state index is 13.3. The minimum atomic E-state index is -0.672. The van der Waals surface area contributed by atoms with Crippen LogP contribution < -0.4 is 10.6 Å². The van der Waals surface area contributed by atoms with Gasteiger partial charge in [-0.2, -0.15) is 0 Å². The Hall–Kier alpha value is -3.73. The Balaban J connectivity index is 1.33. The summed E-state index contributed by atoms with van der Waals surface area (Å²) in [5.41, 5.74) is 0.388. The summed E-state index contributed by atoms with van der Waals surface area (Å²) >= 11 is 1.21. The molecule has 5 rings (SSSR count). The number of hydrogen-bond donors (Lipinski definition) is 4. The molecule has 2 aliphatic heterocycles. The number of aliphatic imine (C=N–C) groups is 1. The quantitative estimate of drug-likeness (QED) is 0.514. The van der Waals surface area contributed by atoms with Crippen molar-refractivity contribution in [3.05, 3.63) is 48.5 Å². The number of phenolic OH excluding ortho intramolecular Hbond substituents is 2. The van der Waals surface area contributed by atoms with Gasteiger partial charge in [-0.1, -0.05) is 17.8 Å². The van der Waals surface area contributed by atoms with E-state index in [1.54, 1.807) is 29.2 Å². The van der Waals surface area contributed by atoms with Gasteiger partial charge in [-0.15, -0.1) is 0 Å². The van der Waals surface area contributed by atoms with Crippen LogP contribution in [0.4, 0.5) is 16.2 Å². The van der Waals surface area contributed by atoms with Crippen molar-refractivity contribution in [3.63, 3.8) is 0 Å². The first-order valence-electron chi connectivity index (χ1n) is 10.7. The van der Waals surface area contributed by atoms with Gasteiger partial charge in [-0.25, -0.2) is 9.79 Å². The van der Waals surface area contributed by atoms with E-state index < -0.39 is 16.9 Å². The number of anilines is 1. The molecule has 2 aromatic rings. The second-order valence-electron chi connectivity index (χ2n) is 8.52. The Morgan fingerprint density at radius 1 is 1.18 bits per heavy atom. The molecule has 2 heterocycles. The van der Waals surface area contributed by atoms with Gasteiger partial charge < -0.3 is 25.6 Å². The summed E-state index contributed by atoms with van der Waals surface area (Å²) < 4.78 is 5.40. The van der Waals surface area contributed by atoms with Crippen LogP contribution in [0.15, 0.2) is 53.5 Å². The number of benzene rings is 2. The molecule has 1 spiro atoms. The number of nitrogens with zero attached hydrogens (tertiary/aromatic N) is 2. The lowest BCUT2D eigenvalue weighted by Crippen LogP contribution is -2.58. The summed E-state index contributed by atoms with van der Waals surface area (Å²) in [5, 5.41) is 24.3. The number of carbonyl (C=O) groups excluding carboxylic acids is 3. The van der Waals surface area contributed by atoms with E-state index in [1.807, 2.05) is 0 Å². The van der Waals surface area contributed by atoms with E-state index in [0.717, 1.165) is 0 Å². The molecule has 4 N–H and O–H groups in total. The fourth-order valence-electron chi connectivity index (χ4n) is 4.34. The van der Waals surface area contributed by atoms with Crippen LogP contribution >= 0.6 is 11.8 Å². The first-order chi connectivity index (χ1) is 16.3. The number of aromatic hydroxyl groups is 2. The molecule has 1 saturated carbocycles. The van der Waals surface area contributed by atoms with Crippen LogP contribution in [0.3, 0.4) is 0 Å². The maximum Gasteiger partial charge on any atom is 0.407 e. The van der Waals surface area contributed by atoms with E-state index in [0.29, 0.717) is 35.9 Å². The molecular weight excluding hydrogens is 460 g/mol. The van der Waals surface area contributed by atoms with Gasteiger partial charge in [-0.3, -0.25) is 14.5 Å². The van der Waals surface area contributed by atoms with E-state index in [9.17, 15) is 24.6 Å². The van der Waals surface area contributed by atoms with Crippen molar-refractivity contribution in [3.8, 4) is 11.5 Å². The molecule has 1 unspecified atom stereocenters. The zero-order valence-corrected chi connectivity index (χ0v) is 18.7. The van der Waals surface area contributed by atoms with Crippen molar-refractivity contribution < 1.29 is 29.3 Å². The van der Waals surface area contributed by atoms with E-state index in [2.05, 4.69) is 15.6 Å². The molecular formula is C23H22N4O6S. The molecule has 2 saturated heterocycles. The lowest BCUT2D eigenvalue weighted by molar-refractivity contribution is -0.134. The second-order valence-corrected chi connectivity index (χ2v) is 9.69. The highest BCUT2D eigenvalue weighted by Crippen LogP contribution is 2.45. The number of thioether (sulfide) groups is 1. The molecule has 2 aromatic carbocycles. The predicted molar refractivity (Wildman–Crippen MR) is 125 cm³/mol. The van der Waals surface area contributed by atoms with E-state index in [-0.39, 0.29) is 35.8 Å². The highest BCUT2D eigenvalue weighted by atomic mass is 32.2. The first-order valence-corrected chi connectivity index (χ1v) is 11.6. The monoisotopic (exact) mass is 482 g/mol. The molecule has 34 heavy (non-hydrogen) atoms. The minimum Gasteiger partial charge on any atom is -0.508 e. The summed E-state index contributed by atoms with van der Waals surface area (Å²) in [4.78, 5) is 43.7. The van der Waals surface area contributed by atoms with Gasteiger partial charge in [0.1, 0.15) is 22.4 Å². The topological polar surface area (TPSA) is 141 Å².